The third-order valence-corrected chi connectivity index (χ3v) is 5.89. The number of ether oxygens (including phenoxy) is 1. The number of hydrogen-bond acceptors (Lipinski definition) is 4. The predicted molar refractivity (Wildman–Crippen MR) is 89.8 cm³/mol. The Labute approximate surface area is 146 Å². The number of thiophene rings is 1. The summed E-state index contributed by atoms with van der Waals surface area (Å²) in [6.07, 6.45) is 0. The van der Waals surface area contributed by atoms with Gasteiger partial charge in [0.25, 0.3) is 5.91 Å². The fourth-order valence-corrected chi connectivity index (χ4v) is 3.49. The summed E-state index contributed by atoms with van der Waals surface area (Å²) in [5, 5.41) is 2.50. The van der Waals surface area contributed by atoms with E-state index in [1.165, 1.54) is 23.5 Å². The van der Waals surface area contributed by atoms with Gasteiger partial charge in [-0.05, 0) is 62.5 Å². The number of rotatable bonds is 4. The number of hydrogen-bond donors (Lipinski definition) is 1. The van der Waals surface area contributed by atoms with Crippen molar-refractivity contribution in [3.8, 4) is 0 Å². The van der Waals surface area contributed by atoms with E-state index in [0.717, 1.165) is 8.26 Å². The SMILES string of the molecule is Cc1ccc(F)cc1NC(=O)COC(=O)c1cc(Br)c(Br)s1. The van der Waals surface area contributed by atoms with Crippen LogP contribution in [-0.2, 0) is 9.53 Å². The Morgan fingerprint density at radius 1 is 1.32 bits per heavy atom. The molecule has 2 rings (SSSR count). The van der Waals surface area contributed by atoms with Crippen molar-refractivity contribution in [1.82, 2.24) is 0 Å². The van der Waals surface area contributed by atoms with Crippen molar-refractivity contribution >= 4 is 60.8 Å². The highest BCUT2D eigenvalue weighted by atomic mass is 79.9. The molecule has 2 aromatic rings. The average molecular weight is 451 g/mol. The van der Waals surface area contributed by atoms with Gasteiger partial charge < -0.3 is 10.1 Å². The summed E-state index contributed by atoms with van der Waals surface area (Å²) in [4.78, 5) is 23.9. The minimum absolute atomic E-state index is 0.350. The molecule has 1 N–H and O–H groups in total. The van der Waals surface area contributed by atoms with Crippen LogP contribution in [0.4, 0.5) is 10.1 Å². The van der Waals surface area contributed by atoms with E-state index in [1.54, 1.807) is 19.1 Å². The van der Waals surface area contributed by atoms with Gasteiger partial charge in [-0.15, -0.1) is 11.3 Å². The molecule has 1 amide bonds. The van der Waals surface area contributed by atoms with Crippen LogP contribution in [0.2, 0.25) is 0 Å². The third-order valence-electron chi connectivity index (χ3n) is 2.65. The van der Waals surface area contributed by atoms with Gasteiger partial charge in [-0.1, -0.05) is 6.07 Å². The van der Waals surface area contributed by atoms with Crippen LogP contribution >= 0.6 is 43.2 Å². The first-order valence-corrected chi connectivity index (χ1v) is 8.45. The largest absolute Gasteiger partial charge is 0.451 e. The van der Waals surface area contributed by atoms with Crippen LogP contribution in [0.5, 0.6) is 0 Å². The summed E-state index contributed by atoms with van der Waals surface area (Å²) in [6.45, 7) is 1.30. The smallest absolute Gasteiger partial charge is 0.348 e. The van der Waals surface area contributed by atoms with Crippen molar-refractivity contribution in [3.63, 3.8) is 0 Å². The standard InChI is InChI=1S/C14H10Br2FNO3S/c1-7-2-3-8(17)4-10(7)18-12(19)6-21-14(20)11-5-9(15)13(16)22-11/h2-5H,6H2,1H3,(H,18,19). The van der Waals surface area contributed by atoms with Crippen molar-refractivity contribution in [3.05, 3.63) is 48.8 Å². The fourth-order valence-electron chi connectivity index (χ4n) is 1.56. The number of anilines is 1. The third kappa shape index (κ3) is 4.37. The number of halogens is 3. The van der Waals surface area contributed by atoms with E-state index in [1.807, 2.05) is 0 Å². The first-order chi connectivity index (χ1) is 10.4. The lowest BCUT2D eigenvalue weighted by atomic mass is 10.2. The number of carbonyl (C=O) groups is 2. The zero-order valence-corrected chi connectivity index (χ0v) is 15.3. The highest BCUT2D eigenvalue weighted by Crippen LogP contribution is 2.32. The fraction of sp³-hybridized carbons (Fsp3) is 0.143. The minimum atomic E-state index is -0.595. The minimum Gasteiger partial charge on any atom is -0.451 e. The summed E-state index contributed by atoms with van der Waals surface area (Å²) in [5.74, 6) is -1.58. The molecule has 0 unspecified atom stereocenters. The molecule has 0 radical (unpaired) electrons. The molecule has 0 aliphatic rings. The molecule has 8 heteroatoms. The van der Waals surface area contributed by atoms with Gasteiger partial charge in [0.05, 0.1) is 3.79 Å². The van der Waals surface area contributed by atoms with Gasteiger partial charge in [0, 0.05) is 10.2 Å². The van der Waals surface area contributed by atoms with Crippen LogP contribution in [-0.4, -0.2) is 18.5 Å². The number of benzene rings is 1. The van der Waals surface area contributed by atoms with Crippen LogP contribution in [0.15, 0.2) is 32.5 Å². The number of nitrogens with one attached hydrogen (secondary N) is 1. The Morgan fingerprint density at radius 3 is 2.68 bits per heavy atom. The molecule has 0 aliphatic carbocycles. The topological polar surface area (TPSA) is 55.4 Å². The van der Waals surface area contributed by atoms with Gasteiger partial charge in [-0.2, -0.15) is 0 Å². The van der Waals surface area contributed by atoms with E-state index < -0.39 is 24.3 Å². The molecule has 4 nitrogen and oxygen atoms in total. The molecule has 0 saturated heterocycles. The van der Waals surface area contributed by atoms with E-state index in [4.69, 9.17) is 4.74 Å². The van der Waals surface area contributed by atoms with Crippen LogP contribution in [0.3, 0.4) is 0 Å². The predicted octanol–water partition coefficient (Wildman–Crippen LogP) is 4.52. The molecule has 116 valence electrons. The summed E-state index contributed by atoms with van der Waals surface area (Å²) in [5.41, 5.74) is 1.06. The molecule has 0 fully saturated rings. The van der Waals surface area contributed by atoms with Gasteiger partial charge in [0.1, 0.15) is 10.7 Å². The molecular weight excluding hydrogens is 441 g/mol. The quantitative estimate of drug-likeness (QED) is 0.697. The highest BCUT2D eigenvalue weighted by molar-refractivity contribution is 9.13. The lowest BCUT2D eigenvalue weighted by molar-refractivity contribution is -0.119. The molecule has 0 bridgehead atoms. The van der Waals surface area contributed by atoms with E-state index in [-0.39, 0.29) is 0 Å². The van der Waals surface area contributed by atoms with Crippen molar-refractivity contribution in [1.29, 1.82) is 0 Å². The van der Waals surface area contributed by atoms with Gasteiger partial charge >= 0.3 is 5.97 Å². The zero-order valence-electron chi connectivity index (χ0n) is 11.3. The maximum Gasteiger partial charge on any atom is 0.348 e. The molecule has 22 heavy (non-hydrogen) atoms. The number of esters is 1. The lowest BCUT2D eigenvalue weighted by Crippen LogP contribution is -2.21. The maximum absolute atomic E-state index is 13.1. The van der Waals surface area contributed by atoms with E-state index >= 15 is 0 Å². The van der Waals surface area contributed by atoms with Crippen molar-refractivity contribution < 1.29 is 18.7 Å². The first-order valence-electron chi connectivity index (χ1n) is 6.05. The van der Waals surface area contributed by atoms with Crippen LogP contribution in [0, 0.1) is 12.7 Å². The summed E-state index contributed by atoms with van der Waals surface area (Å²) in [7, 11) is 0. The molecule has 1 aromatic heterocycles. The number of carbonyl (C=O) groups excluding carboxylic acids is 2. The van der Waals surface area contributed by atoms with E-state index in [0.29, 0.717) is 16.1 Å². The highest BCUT2D eigenvalue weighted by Gasteiger charge is 2.15. The molecule has 0 aliphatic heterocycles. The number of amides is 1. The Bertz CT molecular complexity index is 713. The lowest BCUT2D eigenvalue weighted by Gasteiger charge is -2.08. The zero-order chi connectivity index (χ0) is 16.3. The molecule has 1 heterocycles. The van der Waals surface area contributed by atoms with Crippen LogP contribution in [0.1, 0.15) is 15.2 Å². The summed E-state index contributed by atoms with van der Waals surface area (Å²) in [6, 6.07) is 5.67. The molecule has 0 spiro atoms. The second-order valence-electron chi connectivity index (χ2n) is 4.32. The Morgan fingerprint density at radius 2 is 2.05 bits per heavy atom. The summed E-state index contributed by atoms with van der Waals surface area (Å²) < 4.78 is 19.6. The summed E-state index contributed by atoms with van der Waals surface area (Å²) >= 11 is 7.73. The van der Waals surface area contributed by atoms with Gasteiger partial charge in [-0.25, -0.2) is 9.18 Å². The Kier molecular flexibility index (Phi) is 5.71. The molecule has 1 aromatic carbocycles. The van der Waals surface area contributed by atoms with Crippen LogP contribution < -0.4 is 5.32 Å². The van der Waals surface area contributed by atoms with Gasteiger partial charge in [0.15, 0.2) is 6.61 Å². The van der Waals surface area contributed by atoms with Crippen LogP contribution in [0.25, 0.3) is 0 Å². The van der Waals surface area contributed by atoms with Gasteiger partial charge in [0.2, 0.25) is 0 Å². The van der Waals surface area contributed by atoms with Crippen molar-refractivity contribution in [2.75, 3.05) is 11.9 Å². The Hall–Kier alpha value is -1.25. The molecule has 0 atom stereocenters. The Balaban J connectivity index is 1.92. The first kappa shape index (κ1) is 17.1. The monoisotopic (exact) mass is 449 g/mol. The normalized spacial score (nSPS) is 10.4. The van der Waals surface area contributed by atoms with Crippen molar-refractivity contribution in [2.24, 2.45) is 0 Å². The second kappa shape index (κ2) is 7.34. The molecule has 0 saturated carbocycles. The molecular formula is C14H10Br2FNO3S. The van der Waals surface area contributed by atoms with Crippen molar-refractivity contribution in [2.45, 2.75) is 6.92 Å². The maximum atomic E-state index is 13.1. The van der Waals surface area contributed by atoms with E-state index in [9.17, 15) is 14.0 Å². The van der Waals surface area contributed by atoms with E-state index in [2.05, 4.69) is 37.2 Å². The number of aryl methyl sites for hydroxylation is 1. The second-order valence-corrected chi connectivity index (χ2v) is 7.54. The van der Waals surface area contributed by atoms with Gasteiger partial charge in [-0.3, -0.25) is 4.79 Å². The average Bonchev–Trinajstić information content (AvgIpc) is 2.80.